The van der Waals surface area contributed by atoms with Gasteiger partial charge in [0.15, 0.2) is 0 Å². The van der Waals surface area contributed by atoms with E-state index >= 15 is 0 Å². The Morgan fingerprint density at radius 2 is 1.90 bits per heavy atom. The van der Waals surface area contributed by atoms with Gasteiger partial charge in [-0.1, -0.05) is 13.8 Å². The maximum Gasteiger partial charge on any atom is 0.0790 e. The monoisotopic (exact) mass is 143 g/mol. The molecule has 1 saturated carbocycles. The standard InChI is InChI=1S/C8H17NO/c1-6-3-4-8(10-9)5-7(6)2/h6-8H,3-5,9H2,1-2H3. The lowest BCUT2D eigenvalue weighted by atomic mass is 9.80. The summed E-state index contributed by atoms with van der Waals surface area (Å²) in [6, 6.07) is 0. The Balaban J connectivity index is 2.33. The van der Waals surface area contributed by atoms with Gasteiger partial charge in [0.1, 0.15) is 0 Å². The SMILES string of the molecule is CC1CCC(ON)CC1C. The topological polar surface area (TPSA) is 35.2 Å². The highest BCUT2D eigenvalue weighted by atomic mass is 16.6. The molecule has 0 aromatic rings. The normalized spacial score (nSPS) is 41.7. The molecule has 0 aromatic carbocycles. The molecule has 1 aliphatic carbocycles. The minimum atomic E-state index is 0.325. The molecule has 0 aliphatic heterocycles. The lowest BCUT2D eigenvalue weighted by Gasteiger charge is -2.30. The average molecular weight is 143 g/mol. The van der Waals surface area contributed by atoms with Gasteiger partial charge in [0.2, 0.25) is 0 Å². The van der Waals surface area contributed by atoms with Crippen LogP contribution in [0, 0.1) is 11.8 Å². The molecule has 2 N–H and O–H groups in total. The van der Waals surface area contributed by atoms with E-state index in [0.717, 1.165) is 24.7 Å². The van der Waals surface area contributed by atoms with Crippen LogP contribution in [0.15, 0.2) is 0 Å². The van der Waals surface area contributed by atoms with Crippen molar-refractivity contribution >= 4 is 0 Å². The van der Waals surface area contributed by atoms with E-state index in [1.54, 1.807) is 0 Å². The van der Waals surface area contributed by atoms with Gasteiger partial charge in [0, 0.05) is 0 Å². The molecule has 2 heteroatoms. The van der Waals surface area contributed by atoms with Gasteiger partial charge in [-0.25, -0.2) is 5.90 Å². The second-order valence-corrected chi connectivity index (χ2v) is 3.53. The molecule has 0 heterocycles. The van der Waals surface area contributed by atoms with Crippen LogP contribution in [0.4, 0.5) is 0 Å². The quantitative estimate of drug-likeness (QED) is 0.567. The molecule has 0 saturated heterocycles. The number of hydrogen-bond acceptors (Lipinski definition) is 2. The van der Waals surface area contributed by atoms with Gasteiger partial charge in [0.05, 0.1) is 6.10 Å². The summed E-state index contributed by atoms with van der Waals surface area (Å²) < 4.78 is 0. The van der Waals surface area contributed by atoms with Crippen molar-refractivity contribution in [2.24, 2.45) is 17.7 Å². The first-order valence-electron chi connectivity index (χ1n) is 4.09. The fourth-order valence-electron chi connectivity index (χ4n) is 1.62. The zero-order chi connectivity index (χ0) is 7.56. The Kier molecular flexibility index (Phi) is 2.69. The van der Waals surface area contributed by atoms with Crippen LogP contribution in [0.25, 0.3) is 0 Å². The van der Waals surface area contributed by atoms with Gasteiger partial charge in [-0.2, -0.15) is 0 Å². The minimum absolute atomic E-state index is 0.325. The molecule has 60 valence electrons. The molecule has 3 atom stereocenters. The van der Waals surface area contributed by atoms with Crippen LogP contribution in [-0.4, -0.2) is 6.10 Å². The van der Waals surface area contributed by atoms with Crippen LogP contribution >= 0.6 is 0 Å². The molecule has 2 nitrogen and oxygen atoms in total. The van der Waals surface area contributed by atoms with E-state index in [9.17, 15) is 0 Å². The molecule has 1 aliphatic rings. The minimum Gasteiger partial charge on any atom is -0.301 e. The molecule has 1 fully saturated rings. The predicted molar refractivity (Wildman–Crippen MR) is 41.2 cm³/mol. The van der Waals surface area contributed by atoms with Crippen molar-refractivity contribution in [3.63, 3.8) is 0 Å². The van der Waals surface area contributed by atoms with E-state index in [-0.39, 0.29) is 0 Å². The Morgan fingerprint density at radius 1 is 1.20 bits per heavy atom. The molecular formula is C8H17NO. The maximum atomic E-state index is 5.11. The third-order valence-corrected chi connectivity index (χ3v) is 2.74. The summed E-state index contributed by atoms with van der Waals surface area (Å²) in [5.74, 6) is 6.74. The number of rotatable bonds is 1. The largest absolute Gasteiger partial charge is 0.301 e. The highest BCUT2D eigenvalue weighted by Gasteiger charge is 2.24. The third kappa shape index (κ3) is 1.70. The van der Waals surface area contributed by atoms with Crippen molar-refractivity contribution < 1.29 is 4.84 Å². The van der Waals surface area contributed by atoms with E-state index in [1.165, 1.54) is 6.42 Å². The van der Waals surface area contributed by atoms with Gasteiger partial charge < -0.3 is 4.84 Å². The van der Waals surface area contributed by atoms with Crippen molar-refractivity contribution in [3.05, 3.63) is 0 Å². The lowest BCUT2D eigenvalue weighted by molar-refractivity contribution is 0.00159. The van der Waals surface area contributed by atoms with Gasteiger partial charge in [-0.3, -0.25) is 0 Å². The van der Waals surface area contributed by atoms with E-state index in [4.69, 9.17) is 10.7 Å². The fraction of sp³-hybridized carbons (Fsp3) is 1.00. The van der Waals surface area contributed by atoms with Crippen LogP contribution in [0.2, 0.25) is 0 Å². The van der Waals surface area contributed by atoms with E-state index < -0.39 is 0 Å². The molecule has 1 rings (SSSR count). The van der Waals surface area contributed by atoms with Crippen LogP contribution in [0.5, 0.6) is 0 Å². The van der Waals surface area contributed by atoms with Crippen LogP contribution in [0.3, 0.4) is 0 Å². The van der Waals surface area contributed by atoms with Gasteiger partial charge in [-0.05, 0) is 31.1 Å². The Labute approximate surface area is 62.7 Å². The second-order valence-electron chi connectivity index (χ2n) is 3.53. The van der Waals surface area contributed by atoms with Gasteiger partial charge >= 0.3 is 0 Å². The second kappa shape index (κ2) is 3.35. The van der Waals surface area contributed by atoms with E-state index in [1.807, 2.05) is 0 Å². The van der Waals surface area contributed by atoms with Crippen molar-refractivity contribution in [3.8, 4) is 0 Å². The molecule has 10 heavy (non-hydrogen) atoms. The summed E-state index contributed by atoms with van der Waals surface area (Å²) in [7, 11) is 0. The third-order valence-electron chi connectivity index (χ3n) is 2.74. The average Bonchev–Trinajstić information content (AvgIpc) is 1.95. The molecule has 0 aromatic heterocycles. The van der Waals surface area contributed by atoms with Crippen molar-refractivity contribution in [2.45, 2.75) is 39.2 Å². The van der Waals surface area contributed by atoms with Crippen molar-refractivity contribution in [1.29, 1.82) is 0 Å². The van der Waals surface area contributed by atoms with Crippen molar-refractivity contribution in [2.75, 3.05) is 0 Å². The summed E-state index contributed by atoms with van der Waals surface area (Å²) >= 11 is 0. The van der Waals surface area contributed by atoms with E-state index in [0.29, 0.717) is 6.10 Å². The Morgan fingerprint density at radius 3 is 2.40 bits per heavy atom. The Bertz CT molecular complexity index is 105. The summed E-state index contributed by atoms with van der Waals surface area (Å²) in [6.45, 7) is 4.58. The van der Waals surface area contributed by atoms with E-state index in [2.05, 4.69) is 13.8 Å². The summed E-state index contributed by atoms with van der Waals surface area (Å²) in [6.07, 6.45) is 3.87. The summed E-state index contributed by atoms with van der Waals surface area (Å²) in [4.78, 5) is 4.81. The summed E-state index contributed by atoms with van der Waals surface area (Å²) in [5, 5.41) is 0. The first-order valence-corrected chi connectivity index (χ1v) is 4.09. The summed E-state index contributed by atoms with van der Waals surface area (Å²) in [5.41, 5.74) is 0. The lowest BCUT2D eigenvalue weighted by Crippen LogP contribution is -2.28. The highest BCUT2D eigenvalue weighted by Crippen LogP contribution is 2.29. The molecular weight excluding hydrogens is 126 g/mol. The smallest absolute Gasteiger partial charge is 0.0790 e. The van der Waals surface area contributed by atoms with Gasteiger partial charge in [-0.15, -0.1) is 0 Å². The van der Waals surface area contributed by atoms with Gasteiger partial charge in [0.25, 0.3) is 0 Å². The van der Waals surface area contributed by atoms with Crippen LogP contribution < -0.4 is 5.90 Å². The Hall–Kier alpha value is -0.0800. The van der Waals surface area contributed by atoms with Crippen LogP contribution in [0.1, 0.15) is 33.1 Å². The molecule has 3 unspecified atom stereocenters. The number of hydrogen-bond donors (Lipinski definition) is 1. The maximum absolute atomic E-state index is 5.11. The first-order chi connectivity index (χ1) is 4.74. The molecule has 0 spiro atoms. The first kappa shape index (κ1) is 8.02. The molecule has 0 radical (unpaired) electrons. The number of nitrogens with two attached hydrogens (primary N) is 1. The fourth-order valence-corrected chi connectivity index (χ4v) is 1.62. The van der Waals surface area contributed by atoms with Crippen molar-refractivity contribution in [1.82, 2.24) is 0 Å². The molecule has 0 bridgehead atoms. The zero-order valence-corrected chi connectivity index (χ0v) is 6.84. The van der Waals surface area contributed by atoms with Crippen LogP contribution in [-0.2, 0) is 4.84 Å². The highest BCUT2D eigenvalue weighted by molar-refractivity contribution is 4.74. The zero-order valence-electron chi connectivity index (χ0n) is 6.84. The predicted octanol–water partition coefficient (Wildman–Crippen LogP) is 1.70. The molecule has 0 amide bonds.